The topological polar surface area (TPSA) is 55.8 Å². The van der Waals surface area contributed by atoms with Crippen LogP contribution in [0.4, 0.5) is 0 Å². The lowest BCUT2D eigenvalue weighted by Crippen LogP contribution is -2.33. The third-order valence-corrected chi connectivity index (χ3v) is 4.03. The summed E-state index contributed by atoms with van der Waals surface area (Å²) in [5, 5.41) is 0. The van der Waals surface area contributed by atoms with Crippen molar-refractivity contribution in [2.45, 2.75) is 32.7 Å². The van der Waals surface area contributed by atoms with Gasteiger partial charge in [0.1, 0.15) is 0 Å². The molecule has 1 heterocycles. The molecule has 0 fully saturated rings. The van der Waals surface area contributed by atoms with Crippen molar-refractivity contribution < 1.29 is 19.1 Å². The average molecular weight is 301 g/mol. The molecule has 116 valence electrons. The van der Waals surface area contributed by atoms with Crippen LogP contribution in [0, 0.1) is 0 Å². The Bertz CT molecular complexity index is 632. The van der Waals surface area contributed by atoms with Crippen LogP contribution in [0.2, 0.25) is 0 Å². The predicted octanol–water partition coefficient (Wildman–Crippen LogP) is 2.40. The number of fused-ring (bicyclic) bond motifs is 1. The molecule has 0 saturated heterocycles. The van der Waals surface area contributed by atoms with E-state index in [4.69, 9.17) is 9.47 Å². The lowest BCUT2D eigenvalue weighted by molar-refractivity contribution is -0.139. The van der Waals surface area contributed by atoms with E-state index in [2.05, 4.69) is 0 Å². The predicted molar refractivity (Wildman–Crippen MR) is 80.8 cm³/mol. The van der Waals surface area contributed by atoms with Gasteiger partial charge in [-0.3, -0.25) is 14.5 Å². The highest BCUT2D eigenvalue weighted by molar-refractivity contribution is 6.13. The maximum Gasteiger partial charge on any atom is 0.254 e. The molecule has 1 aliphatic heterocycles. The summed E-state index contributed by atoms with van der Waals surface area (Å²) in [4.78, 5) is 25.2. The second-order valence-electron chi connectivity index (χ2n) is 5.26. The van der Waals surface area contributed by atoms with Crippen LogP contribution >= 0.6 is 0 Å². The van der Waals surface area contributed by atoms with Gasteiger partial charge in [0, 0.05) is 17.7 Å². The number of hydrogen-bond donors (Lipinski definition) is 0. The minimum absolute atomic E-state index is 0.208. The van der Waals surface area contributed by atoms with Crippen LogP contribution < -0.4 is 9.47 Å². The van der Waals surface area contributed by atoms with Gasteiger partial charge in [-0.1, -0.05) is 6.07 Å². The number of carbonyl (C=O) groups is 2. The summed E-state index contributed by atoms with van der Waals surface area (Å²) in [6, 6.07) is 3.60. The normalized spacial score (nSPS) is 19.7. The number of imide groups is 1. The number of benzene rings is 1. The summed E-state index contributed by atoms with van der Waals surface area (Å²) in [6.07, 6.45) is 4.16. The molecule has 0 bridgehead atoms. The minimum Gasteiger partial charge on any atom is -0.490 e. The first-order valence-electron chi connectivity index (χ1n) is 7.64. The SMILES string of the molecule is CCOc1ccc2c(c1OCC)CC[C@@H]2N1C(=O)C=CC1=O. The molecule has 1 aromatic carbocycles. The molecular formula is C17H19NO4. The quantitative estimate of drug-likeness (QED) is 0.784. The van der Waals surface area contributed by atoms with Gasteiger partial charge in [0.05, 0.1) is 19.3 Å². The summed E-state index contributed by atoms with van der Waals surface area (Å²) >= 11 is 0. The number of ether oxygens (including phenoxy) is 2. The molecule has 1 aromatic rings. The highest BCUT2D eigenvalue weighted by Crippen LogP contribution is 2.45. The monoisotopic (exact) mass is 301 g/mol. The van der Waals surface area contributed by atoms with Crippen LogP contribution in [0.3, 0.4) is 0 Å². The second-order valence-corrected chi connectivity index (χ2v) is 5.26. The van der Waals surface area contributed by atoms with Crippen molar-refractivity contribution in [1.29, 1.82) is 0 Å². The average Bonchev–Trinajstić information content (AvgIpc) is 3.05. The van der Waals surface area contributed by atoms with Crippen LogP contribution in [0.25, 0.3) is 0 Å². The molecule has 5 nitrogen and oxygen atoms in total. The fourth-order valence-corrected chi connectivity index (χ4v) is 3.19. The molecule has 0 N–H and O–H groups in total. The molecule has 0 radical (unpaired) electrons. The Labute approximate surface area is 129 Å². The van der Waals surface area contributed by atoms with Crippen molar-refractivity contribution in [3.63, 3.8) is 0 Å². The number of rotatable bonds is 5. The molecule has 3 rings (SSSR count). The molecule has 2 aliphatic rings. The summed E-state index contributed by atoms with van der Waals surface area (Å²) in [7, 11) is 0. The van der Waals surface area contributed by atoms with Gasteiger partial charge >= 0.3 is 0 Å². The van der Waals surface area contributed by atoms with Gasteiger partial charge in [0.2, 0.25) is 0 Å². The number of nitrogens with zero attached hydrogens (tertiary/aromatic N) is 1. The molecule has 2 amide bonds. The van der Waals surface area contributed by atoms with E-state index in [0.717, 1.165) is 35.5 Å². The Morgan fingerprint density at radius 2 is 1.77 bits per heavy atom. The maximum absolute atomic E-state index is 11.9. The van der Waals surface area contributed by atoms with Crippen LogP contribution in [0.1, 0.15) is 37.4 Å². The van der Waals surface area contributed by atoms with Crippen molar-refractivity contribution in [2.75, 3.05) is 13.2 Å². The first-order chi connectivity index (χ1) is 10.7. The summed E-state index contributed by atoms with van der Waals surface area (Å²) < 4.78 is 11.4. The number of amides is 2. The van der Waals surface area contributed by atoms with Gasteiger partial charge in [-0.2, -0.15) is 0 Å². The van der Waals surface area contributed by atoms with E-state index in [9.17, 15) is 9.59 Å². The van der Waals surface area contributed by atoms with Gasteiger partial charge < -0.3 is 9.47 Å². The Kier molecular flexibility index (Phi) is 3.88. The van der Waals surface area contributed by atoms with Crippen LogP contribution in [0.15, 0.2) is 24.3 Å². The third-order valence-electron chi connectivity index (χ3n) is 4.03. The summed E-state index contributed by atoms with van der Waals surface area (Å²) in [5.74, 6) is 0.988. The van der Waals surface area contributed by atoms with E-state index >= 15 is 0 Å². The van der Waals surface area contributed by atoms with Gasteiger partial charge in [-0.25, -0.2) is 0 Å². The Hall–Kier alpha value is -2.30. The fraction of sp³-hybridized carbons (Fsp3) is 0.412. The second kappa shape index (κ2) is 5.83. The summed E-state index contributed by atoms with van der Waals surface area (Å²) in [5.41, 5.74) is 2.03. The van der Waals surface area contributed by atoms with Crippen LogP contribution in [0.5, 0.6) is 11.5 Å². The van der Waals surface area contributed by atoms with Gasteiger partial charge in [0.15, 0.2) is 11.5 Å². The highest BCUT2D eigenvalue weighted by Gasteiger charge is 2.37. The van der Waals surface area contributed by atoms with Crippen LogP contribution in [-0.2, 0) is 16.0 Å². The third kappa shape index (κ3) is 2.26. The number of carbonyl (C=O) groups excluding carboxylic acids is 2. The van der Waals surface area contributed by atoms with Crippen LogP contribution in [-0.4, -0.2) is 29.9 Å². The first kappa shape index (κ1) is 14.6. The lowest BCUT2D eigenvalue weighted by Gasteiger charge is -2.23. The Morgan fingerprint density at radius 1 is 1.09 bits per heavy atom. The Morgan fingerprint density at radius 3 is 2.41 bits per heavy atom. The Balaban J connectivity index is 1.99. The molecule has 22 heavy (non-hydrogen) atoms. The zero-order valence-corrected chi connectivity index (χ0v) is 12.8. The standard InChI is InChI=1S/C17H19NO4/c1-3-21-14-8-6-11-12(17(14)22-4-2)5-7-13(11)18-15(19)9-10-16(18)20/h6,8-10,13H,3-5,7H2,1-2H3/t13-/m0/s1. The molecule has 0 unspecified atom stereocenters. The molecule has 0 aromatic heterocycles. The maximum atomic E-state index is 11.9. The van der Waals surface area contributed by atoms with E-state index in [1.165, 1.54) is 17.1 Å². The lowest BCUT2D eigenvalue weighted by atomic mass is 10.1. The van der Waals surface area contributed by atoms with Crippen molar-refractivity contribution in [3.05, 3.63) is 35.4 Å². The van der Waals surface area contributed by atoms with Gasteiger partial charge in [0.25, 0.3) is 11.8 Å². The minimum atomic E-state index is -0.241. The molecule has 0 spiro atoms. The van der Waals surface area contributed by atoms with E-state index in [1.54, 1.807) is 0 Å². The molecule has 1 aliphatic carbocycles. The molecule has 5 heteroatoms. The largest absolute Gasteiger partial charge is 0.490 e. The highest BCUT2D eigenvalue weighted by atomic mass is 16.5. The van der Waals surface area contributed by atoms with Crippen molar-refractivity contribution in [2.24, 2.45) is 0 Å². The van der Waals surface area contributed by atoms with E-state index < -0.39 is 0 Å². The fourth-order valence-electron chi connectivity index (χ4n) is 3.19. The zero-order chi connectivity index (χ0) is 15.7. The van der Waals surface area contributed by atoms with Gasteiger partial charge in [-0.05, 0) is 38.3 Å². The number of hydrogen-bond acceptors (Lipinski definition) is 4. The van der Waals surface area contributed by atoms with Gasteiger partial charge in [-0.15, -0.1) is 0 Å². The molecule has 0 saturated carbocycles. The van der Waals surface area contributed by atoms with E-state index in [-0.39, 0.29) is 17.9 Å². The summed E-state index contributed by atoms with van der Waals surface area (Å²) in [6.45, 7) is 4.97. The van der Waals surface area contributed by atoms with Crippen molar-refractivity contribution in [3.8, 4) is 11.5 Å². The first-order valence-corrected chi connectivity index (χ1v) is 7.64. The van der Waals surface area contributed by atoms with E-state index in [1.807, 2.05) is 26.0 Å². The zero-order valence-electron chi connectivity index (χ0n) is 12.8. The smallest absolute Gasteiger partial charge is 0.254 e. The van der Waals surface area contributed by atoms with Crippen molar-refractivity contribution in [1.82, 2.24) is 4.90 Å². The molecular weight excluding hydrogens is 282 g/mol. The van der Waals surface area contributed by atoms with E-state index in [0.29, 0.717) is 13.2 Å². The van der Waals surface area contributed by atoms with Crippen molar-refractivity contribution >= 4 is 11.8 Å². The molecule has 1 atom stereocenters.